The SMILES string of the molecule is CNCc1cn(S(=O)(=O)c2cnn(C)c2C)c(-c2cccnc2F)c1F.Cl. The van der Waals surface area contributed by atoms with Crippen LogP contribution in [0.5, 0.6) is 0 Å². The first-order valence-electron chi connectivity index (χ1n) is 7.68. The van der Waals surface area contributed by atoms with Crippen LogP contribution in [0.2, 0.25) is 0 Å². The summed E-state index contributed by atoms with van der Waals surface area (Å²) in [6, 6.07) is 2.70. The molecule has 0 unspecified atom stereocenters. The van der Waals surface area contributed by atoms with Gasteiger partial charge in [-0.3, -0.25) is 4.68 Å². The number of aryl methyl sites for hydroxylation is 1. The van der Waals surface area contributed by atoms with Crippen LogP contribution in [0.15, 0.2) is 35.6 Å². The van der Waals surface area contributed by atoms with Gasteiger partial charge in [-0.15, -0.1) is 12.4 Å². The van der Waals surface area contributed by atoms with E-state index in [2.05, 4.69) is 15.4 Å². The second-order valence-electron chi connectivity index (χ2n) is 5.71. The van der Waals surface area contributed by atoms with Crippen molar-refractivity contribution >= 4 is 22.4 Å². The van der Waals surface area contributed by atoms with Crippen molar-refractivity contribution in [3.05, 3.63) is 53.7 Å². The highest BCUT2D eigenvalue weighted by Gasteiger charge is 2.30. The number of halogens is 3. The fourth-order valence-electron chi connectivity index (χ4n) is 2.65. The minimum atomic E-state index is -4.19. The summed E-state index contributed by atoms with van der Waals surface area (Å²) in [4.78, 5) is 3.41. The molecule has 0 aliphatic heterocycles. The molecule has 0 bridgehead atoms. The highest BCUT2D eigenvalue weighted by Crippen LogP contribution is 2.32. The quantitative estimate of drug-likeness (QED) is 0.644. The molecule has 3 aromatic heterocycles. The average molecular weight is 418 g/mol. The zero-order valence-corrected chi connectivity index (χ0v) is 16.4. The van der Waals surface area contributed by atoms with Crippen LogP contribution in [0.3, 0.4) is 0 Å². The summed E-state index contributed by atoms with van der Waals surface area (Å²) in [6.07, 6.45) is 3.54. The van der Waals surface area contributed by atoms with Crippen LogP contribution in [0, 0.1) is 18.7 Å². The third-order valence-electron chi connectivity index (χ3n) is 4.09. The van der Waals surface area contributed by atoms with Gasteiger partial charge in [0.15, 0.2) is 5.82 Å². The molecule has 0 aliphatic carbocycles. The van der Waals surface area contributed by atoms with Gasteiger partial charge in [0.05, 0.1) is 17.5 Å². The number of nitrogens with one attached hydrogen (secondary N) is 1. The molecular weight excluding hydrogens is 400 g/mol. The van der Waals surface area contributed by atoms with E-state index in [9.17, 15) is 17.2 Å². The van der Waals surface area contributed by atoms with Gasteiger partial charge in [0.2, 0.25) is 5.95 Å². The monoisotopic (exact) mass is 417 g/mol. The van der Waals surface area contributed by atoms with E-state index in [0.29, 0.717) is 5.69 Å². The minimum absolute atomic E-state index is 0. The van der Waals surface area contributed by atoms with Gasteiger partial charge in [0.25, 0.3) is 10.0 Å². The Balaban J connectivity index is 0.00000261. The fraction of sp³-hybridized carbons (Fsp3) is 0.250. The lowest BCUT2D eigenvalue weighted by atomic mass is 10.2. The maximum absolute atomic E-state index is 15.0. The highest BCUT2D eigenvalue weighted by molar-refractivity contribution is 7.90. The fourth-order valence-corrected chi connectivity index (χ4v) is 4.23. The lowest BCUT2D eigenvalue weighted by Gasteiger charge is -2.10. The Labute approximate surface area is 161 Å². The lowest BCUT2D eigenvalue weighted by molar-refractivity contribution is 0.574. The second-order valence-corrected chi connectivity index (χ2v) is 7.49. The zero-order valence-electron chi connectivity index (χ0n) is 14.8. The number of rotatable bonds is 5. The molecule has 0 spiro atoms. The number of nitrogens with zero attached hydrogens (tertiary/aromatic N) is 4. The van der Waals surface area contributed by atoms with E-state index in [4.69, 9.17) is 0 Å². The van der Waals surface area contributed by atoms with E-state index in [0.717, 1.165) is 10.2 Å². The molecule has 0 radical (unpaired) electrons. The Morgan fingerprint density at radius 2 is 2.00 bits per heavy atom. The molecule has 3 rings (SSSR count). The van der Waals surface area contributed by atoms with E-state index in [-0.39, 0.29) is 35.0 Å². The van der Waals surface area contributed by atoms with Crippen molar-refractivity contribution in [3.8, 4) is 11.3 Å². The molecule has 0 atom stereocenters. The first kappa shape index (κ1) is 21.0. The van der Waals surface area contributed by atoms with Crippen molar-refractivity contribution < 1.29 is 17.2 Å². The van der Waals surface area contributed by atoms with E-state index >= 15 is 0 Å². The van der Waals surface area contributed by atoms with Crippen LogP contribution in [-0.2, 0) is 23.6 Å². The van der Waals surface area contributed by atoms with Gasteiger partial charge in [0, 0.05) is 31.5 Å². The average Bonchev–Trinajstić information content (AvgIpc) is 3.10. The van der Waals surface area contributed by atoms with Gasteiger partial charge < -0.3 is 5.32 Å². The third kappa shape index (κ3) is 3.47. The first-order chi connectivity index (χ1) is 12.3. The summed E-state index contributed by atoms with van der Waals surface area (Å²) < 4.78 is 57.5. The molecule has 146 valence electrons. The van der Waals surface area contributed by atoms with Crippen molar-refractivity contribution in [3.63, 3.8) is 0 Å². The number of aromatic nitrogens is 4. The maximum Gasteiger partial charge on any atom is 0.271 e. The van der Waals surface area contributed by atoms with Crippen LogP contribution in [-0.4, -0.2) is 34.2 Å². The van der Waals surface area contributed by atoms with Crippen LogP contribution < -0.4 is 5.32 Å². The van der Waals surface area contributed by atoms with Gasteiger partial charge in [-0.05, 0) is 26.1 Å². The van der Waals surface area contributed by atoms with Crippen LogP contribution in [0.4, 0.5) is 8.78 Å². The molecule has 0 aliphatic rings. The molecule has 0 saturated carbocycles. The summed E-state index contributed by atoms with van der Waals surface area (Å²) in [6.45, 7) is 1.66. The first-order valence-corrected chi connectivity index (χ1v) is 9.12. The molecule has 0 aromatic carbocycles. The Kier molecular flexibility index (Phi) is 6.03. The predicted molar refractivity (Wildman–Crippen MR) is 98.1 cm³/mol. The molecule has 0 amide bonds. The molecule has 3 aromatic rings. The topological polar surface area (TPSA) is 81.8 Å². The van der Waals surface area contributed by atoms with Gasteiger partial charge in [-0.25, -0.2) is 21.8 Å². The normalized spacial score (nSPS) is 11.4. The summed E-state index contributed by atoms with van der Waals surface area (Å²) in [5.41, 5.74) is -0.163. The standard InChI is InChI=1S/C16H17F2N5O2S.ClH/c1-10-13(8-21-22(10)3)26(24,25)23-9-11(7-19-2)14(17)15(23)12-5-4-6-20-16(12)18;/h4-6,8-9,19H,7H2,1-3H3;1H. The number of hydrogen-bond acceptors (Lipinski definition) is 5. The Morgan fingerprint density at radius 3 is 2.56 bits per heavy atom. The van der Waals surface area contributed by atoms with E-state index in [1.807, 2.05) is 0 Å². The van der Waals surface area contributed by atoms with Crippen molar-refractivity contribution in [2.75, 3.05) is 7.05 Å². The van der Waals surface area contributed by atoms with E-state index in [1.165, 1.54) is 29.2 Å². The van der Waals surface area contributed by atoms with Gasteiger partial charge in [-0.1, -0.05) is 0 Å². The van der Waals surface area contributed by atoms with Crippen molar-refractivity contribution in [2.45, 2.75) is 18.4 Å². The van der Waals surface area contributed by atoms with Crippen molar-refractivity contribution in [2.24, 2.45) is 7.05 Å². The Bertz CT molecular complexity index is 1080. The maximum atomic E-state index is 15.0. The molecule has 11 heteroatoms. The van der Waals surface area contributed by atoms with Crippen molar-refractivity contribution in [1.29, 1.82) is 0 Å². The van der Waals surface area contributed by atoms with Crippen LogP contribution in [0.25, 0.3) is 11.3 Å². The highest BCUT2D eigenvalue weighted by atomic mass is 35.5. The Morgan fingerprint density at radius 1 is 1.30 bits per heavy atom. The summed E-state index contributed by atoms with van der Waals surface area (Å²) >= 11 is 0. The molecule has 0 saturated heterocycles. The Hall–Kier alpha value is -2.30. The predicted octanol–water partition coefficient (Wildman–Crippen LogP) is 2.25. The van der Waals surface area contributed by atoms with Crippen molar-refractivity contribution in [1.82, 2.24) is 24.1 Å². The van der Waals surface area contributed by atoms with E-state index in [1.54, 1.807) is 21.0 Å². The largest absolute Gasteiger partial charge is 0.316 e. The zero-order chi connectivity index (χ0) is 19.1. The smallest absolute Gasteiger partial charge is 0.271 e. The molecule has 0 fully saturated rings. The minimum Gasteiger partial charge on any atom is -0.316 e. The molecule has 1 N–H and O–H groups in total. The summed E-state index contributed by atoms with van der Waals surface area (Å²) in [5, 5.41) is 6.69. The summed E-state index contributed by atoms with van der Waals surface area (Å²) in [7, 11) is -0.999. The van der Waals surface area contributed by atoms with Gasteiger partial charge in [0.1, 0.15) is 10.6 Å². The number of pyridine rings is 1. The van der Waals surface area contributed by atoms with Crippen LogP contribution in [0.1, 0.15) is 11.3 Å². The van der Waals surface area contributed by atoms with Crippen LogP contribution >= 0.6 is 12.4 Å². The van der Waals surface area contributed by atoms with Gasteiger partial charge >= 0.3 is 0 Å². The summed E-state index contributed by atoms with van der Waals surface area (Å²) in [5.74, 6) is -1.78. The molecular formula is C16H18ClF2N5O2S. The number of hydrogen-bond donors (Lipinski definition) is 1. The van der Waals surface area contributed by atoms with E-state index < -0.39 is 27.5 Å². The molecule has 27 heavy (non-hydrogen) atoms. The molecule has 7 nitrogen and oxygen atoms in total. The lowest BCUT2D eigenvalue weighted by Crippen LogP contribution is -2.15. The second kappa shape index (κ2) is 7.75. The molecule has 3 heterocycles. The van der Waals surface area contributed by atoms with Gasteiger partial charge in [-0.2, -0.15) is 9.49 Å². The third-order valence-corrected chi connectivity index (χ3v) is 5.85.